The van der Waals surface area contributed by atoms with Crippen molar-refractivity contribution in [2.45, 2.75) is 13.3 Å². The van der Waals surface area contributed by atoms with E-state index in [4.69, 9.17) is 0 Å². The summed E-state index contributed by atoms with van der Waals surface area (Å²) in [6, 6.07) is 9.87. The molecule has 0 saturated carbocycles. The Morgan fingerprint density at radius 2 is 1.89 bits per heavy atom. The molecule has 0 bridgehead atoms. The second kappa shape index (κ2) is 5.04. The number of rotatable bonds is 3. The van der Waals surface area contributed by atoms with Gasteiger partial charge in [-0.3, -0.25) is 9.78 Å². The standard InChI is InChI=1S/C14H11F2NO/c1-9(18)10-3-2-4-11(7-10)12-5-6-17-13(8-12)14(15)16/h2-8,14H,1H3. The molecule has 0 spiro atoms. The smallest absolute Gasteiger partial charge is 0.280 e. The van der Waals surface area contributed by atoms with Crippen molar-refractivity contribution in [1.29, 1.82) is 0 Å². The molecule has 2 nitrogen and oxygen atoms in total. The van der Waals surface area contributed by atoms with Gasteiger partial charge in [-0.1, -0.05) is 18.2 Å². The highest BCUT2D eigenvalue weighted by molar-refractivity contribution is 5.95. The maximum atomic E-state index is 12.6. The number of alkyl halides is 2. The van der Waals surface area contributed by atoms with Gasteiger partial charge in [-0.05, 0) is 36.2 Å². The highest BCUT2D eigenvalue weighted by atomic mass is 19.3. The zero-order valence-corrected chi connectivity index (χ0v) is 9.73. The summed E-state index contributed by atoms with van der Waals surface area (Å²) in [5, 5.41) is 0. The van der Waals surface area contributed by atoms with Crippen molar-refractivity contribution in [3.05, 3.63) is 53.9 Å². The maximum Gasteiger partial charge on any atom is 0.280 e. The van der Waals surface area contributed by atoms with Gasteiger partial charge in [-0.25, -0.2) is 8.78 Å². The Morgan fingerprint density at radius 3 is 2.56 bits per heavy atom. The number of halogens is 2. The predicted molar refractivity (Wildman–Crippen MR) is 64.6 cm³/mol. The summed E-state index contributed by atoms with van der Waals surface area (Å²) in [5.41, 5.74) is 1.65. The molecule has 2 rings (SSSR count). The molecule has 0 N–H and O–H groups in total. The quantitative estimate of drug-likeness (QED) is 0.770. The number of aromatic nitrogens is 1. The molecule has 0 aliphatic heterocycles. The van der Waals surface area contributed by atoms with Crippen LogP contribution in [-0.4, -0.2) is 10.8 Å². The van der Waals surface area contributed by atoms with E-state index in [1.165, 1.54) is 19.2 Å². The van der Waals surface area contributed by atoms with Crippen molar-refractivity contribution in [3.63, 3.8) is 0 Å². The number of Topliss-reactive ketones (excluding diaryl/α,β-unsaturated/α-hetero) is 1. The summed E-state index contributed by atoms with van der Waals surface area (Å²) in [7, 11) is 0. The fraction of sp³-hybridized carbons (Fsp3) is 0.143. The molecule has 0 fully saturated rings. The van der Waals surface area contributed by atoms with E-state index in [9.17, 15) is 13.6 Å². The molecule has 0 aliphatic carbocycles. The van der Waals surface area contributed by atoms with Gasteiger partial charge in [-0.15, -0.1) is 0 Å². The second-order valence-electron chi connectivity index (χ2n) is 3.91. The lowest BCUT2D eigenvalue weighted by atomic mass is 10.0. The minimum absolute atomic E-state index is 0.0556. The minimum Gasteiger partial charge on any atom is -0.295 e. The van der Waals surface area contributed by atoms with Crippen LogP contribution in [0.3, 0.4) is 0 Å². The van der Waals surface area contributed by atoms with Gasteiger partial charge in [0.05, 0.1) is 0 Å². The molecule has 0 aliphatic rings. The van der Waals surface area contributed by atoms with E-state index in [2.05, 4.69) is 4.98 Å². The Labute approximate surface area is 103 Å². The van der Waals surface area contributed by atoms with E-state index in [1.807, 2.05) is 0 Å². The maximum absolute atomic E-state index is 12.6. The van der Waals surface area contributed by atoms with Crippen molar-refractivity contribution in [3.8, 4) is 11.1 Å². The molecule has 18 heavy (non-hydrogen) atoms. The van der Waals surface area contributed by atoms with Crippen LogP contribution in [0.5, 0.6) is 0 Å². The molecule has 2 aromatic rings. The zero-order chi connectivity index (χ0) is 13.1. The first-order chi connectivity index (χ1) is 8.58. The number of pyridine rings is 1. The van der Waals surface area contributed by atoms with Crippen molar-refractivity contribution < 1.29 is 13.6 Å². The number of benzene rings is 1. The third-order valence-electron chi connectivity index (χ3n) is 2.61. The van der Waals surface area contributed by atoms with Gasteiger partial charge >= 0.3 is 0 Å². The van der Waals surface area contributed by atoms with E-state index in [1.54, 1.807) is 30.3 Å². The molecule has 0 unspecified atom stereocenters. The van der Waals surface area contributed by atoms with Crippen molar-refractivity contribution in [1.82, 2.24) is 4.98 Å². The first-order valence-corrected chi connectivity index (χ1v) is 5.43. The number of ketones is 1. The summed E-state index contributed by atoms with van der Waals surface area (Å²) < 4.78 is 25.1. The van der Waals surface area contributed by atoms with Crippen LogP contribution in [-0.2, 0) is 0 Å². The number of nitrogens with zero attached hydrogens (tertiary/aromatic N) is 1. The van der Waals surface area contributed by atoms with Crippen LogP contribution in [0.4, 0.5) is 8.78 Å². The summed E-state index contributed by atoms with van der Waals surface area (Å²) in [6.07, 6.45) is -1.25. The number of hydrogen-bond acceptors (Lipinski definition) is 2. The lowest BCUT2D eigenvalue weighted by Crippen LogP contribution is -1.93. The van der Waals surface area contributed by atoms with Gasteiger partial charge in [0.1, 0.15) is 5.69 Å². The predicted octanol–water partition coefficient (Wildman–Crippen LogP) is 3.89. The highest BCUT2D eigenvalue weighted by Gasteiger charge is 2.10. The molecule has 0 saturated heterocycles. The number of hydrogen-bond donors (Lipinski definition) is 0. The van der Waals surface area contributed by atoms with Gasteiger partial charge in [0.25, 0.3) is 6.43 Å². The first kappa shape index (κ1) is 12.4. The van der Waals surface area contributed by atoms with Crippen molar-refractivity contribution >= 4 is 5.78 Å². The SMILES string of the molecule is CC(=O)c1cccc(-c2ccnc(C(F)F)c2)c1. The monoisotopic (exact) mass is 247 g/mol. The van der Waals surface area contributed by atoms with E-state index in [-0.39, 0.29) is 11.5 Å². The van der Waals surface area contributed by atoms with Gasteiger partial charge in [0.2, 0.25) is 0 Å². The van der Waals surface area contributed by atoms with Crippen molar-refractivity contribution in [2.75, 3.05) is 0 Å². The van der Waals surface area contributed by atoms with Crippen LogP contribution in [0.2, 0.25) is 0 Å². The number of carbonyl (C=O) groups is 1. The Bertz CT molecular complexity index is 582. The van der Waals surface area contributed by atoms with E-state index < -0.39 is 6.43 Å². The highest BCUT2D eigenvalue weighted by Crippen LogP contribution is 2.24. The van der Waals surface area contributed by atoms with Crippen LogP contribution in [0.25, 0.3) is 11.1 Å². The van der Waals surface area contributed by atoms with E-state index in [0.29, 0.717) is 11.1 Å². The van der Waals surface area contributed by atoms with E-state index in [0.717, 1.165) is 5.56 Å². The molecule has 1 aromatic carbocycles. The Morgan fingerprint density at radius 1 is 1.17 bits per heavy atom. The van der Waals surface area contributed by atoms with Gasteiger partial charge in [0, 0.05) is 11.8 Å². The average Bonchev–Trinajstić information content (AvgIpc) is 2.39. The largest absolute Gasteiger partial charge is 0.295 e. The molecule has 4 heteroatoms. The lowest BCUT2D eigenvalue weighted by Gasteiger charge is -2.05. The average molecular weight is 247 g/mol. The summed E-state index contributed by atoms with van der Waals surface area (Å²) >= 11 is 0. The van der Waals surface area contributed by atoms with Gasteiger partial charge in [-0.2, -0.15) is 0 Å². The van der Waals surface area contributed by atoms with Gasteiger partial charge in [0.15, 0.2) is 5.78 Å². The Balaban J connectivity index is 2.45. The third-order valence-corrected chi connectivity index (χ3v) is 2.61. The van der Waals surface area contributed by atoms with Crippen LogP contribution >= 0.6 is 0 Å². The molecule has 0 amide bonds. The van der Waals surface area contributed by atoms with Crippen LogP contribution < -0.4 is 0 Å². The van der Waals surface area contributed by atoms with Crippen LogP contribution in [0.1, 0.15) is 29.4 Å². The molecular weight excluding hydrogens is 236 g/mol. The van der Waals surface area contributed by atoms with Crippen molar-refractivity contribution in [2.24, 2.45) is 0 Å². The fourth-order valence-corrected chi connectivity index (χ4v) is 1.66. The summed E-state index contributed by atoms with van der Waals surface area (Å²) in [6.45, 7) is 1.47. The molecule has 1 aromatic heterocycles. The van der Waals surface area contributed by atoms with E-state index >= 15 is 0 Å². The third kappa shape index (κ3) is 2.59. The lowest BCUT2D eigenvalue weighted by molar-refractivity contribution is 0.101. The Hall–Kier alpha value is -2.10. The summed E-state index contributed by atoms with van der Waals surface area (Å²) in [4.78, 5) is 14.9. The molecule has 0 radical (unpaired) electrons. The molecule has 92 valence electrons. The van der Waals surface area contributed by atoms with Crippen LogP contribution in [0.15, 0.2) is 42.6 Å². The Kier molecular flexibility index (Phi) is 3.46. The molecule has 0 atom stereocenters. The fourth-order valence-electron chi connectivity index (χ4n) is 1.66. The van der Waals surface area contributed by atoms with Gasteiger partial charge < -0.3 is 0 Å². The zero-order valence-electron chi connectivity index (χ0n) is 9.73. The summed E-state index contributed by atoms with van der Waals surface area (Å²) in [5.74, 6) is -0.0556. The second-order valence-corrected chi connectivity index (χ2v) is 3.91. The molecule has 1 heterocycles. The molecular formula is C14H11F2NO. The first-order valence-electron chi connectivity index (χ1n) is 5.43. The topological polar surface area (TPSA) is 30.0 Å². The number of carbonyl (C=O) groups excluding carboxylic acids is 1. The minimum atomic E-state index is -2.60. The van der Waals surface area contributed by atoms with Crippen LogP contribution in [0, 0.1) is 0 Å². The normalized spacial score (nSPS) is 10.7.